The Morgan fingerprint density at radius 3 is 1.00 bits per heavy atom. The maximum Gasteiger partial charge on any atom is 0.323 e. The summed E-state index contributed by atoms with van der Waals surface area (Å²) in [7, 11) is -7.59. The molecule has 3 rings (SSSR count). The number of hydrogen-bond donors (Lipinski definition) is 0. The minimum absolute atomic E-state index is 0.0132. The third-order valence-corrected chi connectivity index (χ3v) is 17.1. The van der Waals surface area contributed by atoms with Crippen molar-refractivity contribution in [3.63, 3.8) is 0 Å². The van der Waals surface area contributed by atoms with Gasteiger partial charge in [0.1, 0.15) is 0 Å². The van der Waals surface area contributed by atoms with E-state index in [0.29, 0.717) is 0 Å². The summed E-state index contributed by atoms with van der Waals surface area (Å²) in [5.74, 6) is 0. The standard InChI is InChI=1S/C20H30O3Si2.C12H22O2Si2/c1-17(19-13-9-7-10-14-19)21-24(3,4)23-25(5,6)22-18(2)20-15-11-8-12-16-20;1-11(12-9-7-6-8-10-12)13-16(4,5)14-15(2)3/h7-18H,1-6H3;6-11,15H,1-5H3. The topological polar surface area (TPSA) is 46.2 Å². The first-order valence-electron chi connectivity index (χ1n) is 14.7. The Hall–Kier alpha value is -1.67. The molecule has 0 fully saturated rings. The maximum absolute atomic E-state index is 6.44. The van der Waals surface area contributed by atoms with E-state index in [1.807, 2.05) is 54.6 Å². The van der Waals surface area contributed by atoms with Gasteiger partial charge < -0.3 is 21.5 Å². The van der Waals surface area contributed by atoms with Crippen LogP contribution in [0.3, 0.4) is 0 Å². The van der Waals surface area contributed by atoms with Gasteiger partial charge in [-0.15, -0.1) is 0 Å². The zero-order chi connectivity index (χ0) is 30.7. The fraction of sp³-hybridized carbons (Fsp3) is 0.438. The van der Waals surface area contributed by atoms with Crippen LogP contribution in [0, 0.1) is 0 Å². The van der Waals surface area contributed by atoms with Crippen molar-refractivity contribution in [2.75, 3.05) is 0 Å². The zero-order valence-corrected chi connectivity index (χ0v) is 31.2. The van der Waals surface area contributed by atoms with Crippen LogP contribution in [-0.2, 0) is 21.5 Å². The summed E-state index contributed by atoms with van der Waals surface area (Å²) in [6.07, 6.45) is 0.147. The van der Waals surface area contributed by atoms with Gasteiger partial charge in [-0.2, -0.15) is 0 Å². The fourth-order valence-corrected chi connectivity index (χ4v) is 17.7. The molecular formula is C32H52O5Si4. The molecule has 3 aromatic carbocycles. The van der Waals surface area contributed by atoms with E-state index in [2.05, 4.69) is 110 Å². The Morgan fingerprint density at radius 1 is 0.463 bits per heavy atom. The summed E-state index contributed by atoms with van der Waals surface area (Å²) in [6.45, 7) is 23.3. The van der Waals surface area contributed by atoms with Crippen LogP contribution in [0.25, 0.3) is 0 Å². The van der Waals surface area contributed by atoms with Crippen LogP contribution >= 0.6 is 0 Å². The van der Waals surface area contributed by atoms with Gasteiger partial charge in [0.2, 0.25) is 0 Å². The largest absolute Gasteiger partial charge is 0.439 e. The second kappa shape index (κ2) is 16.2. The van der Waals surface area contributed by atoms with Crippen molar-refractivity contribution in [3.8, 4) is 0 Å². The number of rotatable bonds is 13. The Kier molecular flexibility index (Phi) is 14.1. The van der Waals surface area contributed by atoms with Crippen molar-refractivity contribution >= 4 is 34.7 Å². The Balaban J connectivity index is 0.000000317. The molecule has 3 aromatic rings. The Morgan fingerprint density at radius 2 is 0.732 bits per heavy atom. The summed E-state index contributed by atoms with van der Waals surface area (Å²) in [6, 6.07) is 30.8. The molecule has 0 N–H and O–H groups in total. The van der Waals surface area contributed by atoms with E-state index in [-0.39, 0.29) is 18.3 Å². The highest BCUT2D eigenvalue weighted by molar-refractivity contribution is 6.78. The molecular weight excluding hydrogens is 577 g/mol. The van der Waals surface area contributed by atoms with E-state index >= 15 is 0 Å². The molecule has 0 saturated carbocycles. The van der Waals surface area contributed by atoms with Crippen molar-refractivity contribution in [1.82, 2.24) is 0 Å². The van der Waals surface area contributed by atoms with Gasteiger partial charge in [0.05, 0.1) is 18.3 Å². The average Bonchev–Trinajstić information content (AvgIpc) is 2.88. The average molecular weight is 629 g/mol. The molecule has 0 bridgehead atoms. The molecule has 9 heteroatoms. The molecule has 41 heavy (non-hydrogen) atoms. The third kappa shape index (κ3) is 13.9. The predicted molar refractivity (Wildman–Crippen MR) is 181 cm³/mol. The van der Waals surface area contributed by atoms with E-state index in [1.165, 1.54) is 16.7 Å². The van der Waals surface area contributed by atoms with Crippen molar-refractivity contribution < 1.29 is 21.5 Å². The molecule has 0 saturated heterocycles. The zero-order valence-electron chi connectivity index (χ0n) is 27.0. The molecule has 0 spiro atoms. The highest BCUT2D eigenvalue weighted by atomic mass is 28.5. The first-order chi connectivity index (χ1) is 19.1. The summed E-state index contributed by atoms with van der Waals surface area (Å²) in [4.78, 5) is 0. The van der Waals surface area contributed by atoms with Crippen LogP contribution in [0.1, 0.15) is 55.8 Å². The molecule has 0 aliphatic carbocycles. The van der Waals surface area contributed by atoms with Crippen molar-refractivity contribution in [2.45, 2.75) is 91.5 Å². The van der Waals surface area contributed by atoms with Crippen LogP contribution in [0.2, 0.25) is 52.4 Å². The van der Waals surface area contributed by atoms with Crippen LogP contribution in [0.5, 0.6) is 0 Å². The van der Waals surface area contributed by atoms with Gasteiger partial charge in [-0.3, -0.25) is 0 Å². The van der Waals surface area contributed by atoms with E-state index in [4.69, 9.17) is 21.5 Å². The molecule has 0 aliphatic heterocycles. The third-order valence-electron chi connectivity index (χ3n) is 6.20. The minimum atomic E-state index is -2.32. The second-order valence-corrected chi connectivity index (χ2v) is 24.9. The van der Waals surface area contributed by atoms with Crippen molar-refractivity contribution in [2.24, 2.45) is 0 Å². The first kappa shape index (κ1) is 35.5. The smallest absolute Gasteiger partial charge is 0.323 e. The van der Waals surface area contributed by atoms with E-state index in [0.717, 1.165) is 0 Å². The molecule has 3 unspecified atom stereocenters. The summed E-state index contributed by atoms with van der Waals surface area (Å²) < 4.78 is 31.2. The summed E-state index contributed by atoms with van der Waals surface area (Å²) in [5.41, 5.74) is 3.56. The van der Waals surface area contributed by atoms with Gasteiger partial charge in [0.25, 0.3) is 0 Å². The lowest BCUT2D eigenvalue weighted by Crippen LogP contribution is -2.49. The van der Waals surface area contributed by atoms with E-state index in [9.17, 15) is 0 Å². The molecule has 0 amide bonds. The lowest BCUT2D eigenvalue weighted by molar-refractivity contribution is 0.132. The Bertz CT molecular complexity index is 1070. The quantitative estimate of drug-likeness (QED) is 0.177. The SMILES string of the molecule is CC(O[Si](C)(C)O[SiH](C)C)c1ccccc1.CC(O[Si](C)(C)O[Si](C)(C)OC(C)c1ccccc1)c1ccccc1. The molecule has 226 valence electrons. The van der Waals surface area contributed by atoms with Crippen molar-refractivity contribution in [1.29, 1.82) is 0 Å². The molecule has 3 atom stereocenters. The van der Waals surface area contributed by atoms with Gasteiger partial charge in [-0.25, -0.2) is 0 Å². The lowest BCUT2D eigenvalue weighted by Gasteiger charge is -2.36. The van der Waals surface area contributed by atoms with Crippen LogP contribution in [0.4, 0.5) is 0 Å². The first-order valence-corrected chi connectivity index (χ1v) is 25.9. The molecule has 0 aromatic heterocycles. The number of benzene rings is 3. The molecule has 0 radical (unpaired) electrons. The van der Waals surface area contributed by atoms with Crippen LogP contribution in [-0.4, -0.2) is 34.7 Å². The minimum Gasteiger partial charge on any atom is -0.439 e. The molecule has 0 heterocycles. The monoisotopic (exact) mass is 628 g/mol. The normalized spacial score (nSPS) is 14.6. The lowest BCUT2D eigenvalue weighted by atomic mass is 10.1. The predicted octanol–water partition coefficient (Wildman–Crippen LogP) is 9.43. The van der Waals surface area contributed by atoms with Gasteiger partial charge >= 0.3 is 25.7 Å². The van der Waals surface area contributed by atoms with E-state index < -0.39 is 34.7 Å². The summed E-state index contributed by atoms with van der Waals surface area (Å²) in [5, 5.41) is 0. The summed E-state index contributed by atoms with van der Waals surface area (Å²) >= 11 is 0. The molecule has 0 aliphatic rings. The van der Waals surface area contributed by atoms with Crippen molar-refractivity contribution in [3.05, 3.63) is 108 Å². The van der Waals surface area contributed by atoms with E-state index in [1.54, 1.807) is 0 Å². The van der Waals surface area contributed by atoms with Gasteiger partial charge in [0, 0.05) is 0 Å². The van der Waals surface area contributed by atoms with Gasteiger partial charge in [-0.05, 0) is 89.8 Å². The van der Waals surface area contributed by atoms with Gasteiger partial charge in [-0.1, -0.05) is 91.0 Å². The second-order valence-electron chi connectivity index (χ2n) is 12.0. The van der Waals surface area contributed by atoms with Crippen LogP contribution in [0.15, 0.2) is 91.0 Å². The fourth-order valence-electron chi connectivity index (χ4n) is 4.89. The molecule has 5 nitrogen and oxygen atoms in total. The number of hydrogen-bond acceptors (Lipinski definition) is 5. The highest BCUT2D eigenvalue weighted by Gasteiger charge is 2.39. The van der Waals surface area contributed by atoms with Crippen LogP contribution < -0.4 is 0 Å². The maximum atomic E-state index is 6.44. The highest BCUT2D eigenvalue weighted by Crippen LogP contribution is 2.28. The Labute approximate surface area is 254 Å². The van der Waals surface area contributed by atoms with Gasteiger partial charge in [0.15, 0.2) is 9.04 Å².